The first-order chi connectivity index (χ1) is 7.81. The molecule has 1 aromatic rings. The van der Waals surface area contributed by atoms with Crippen molar-refractivity contribution in [3.05, 3.63) is 18.5 Å². The van der Waals surface area contributed by atoms with E-state index >= 15 is 0 Å². The summed E-state index contributed by atoms with van der Waals surface area (Å²) < 4.78 is 0. The molecule has 1 aromatic heterocycles. The van der Waals surface area contributed by atoms with Crippen LogP contribution in [0.15, 0.2) is 18.5 Å². The number of amides is 1. The number of rotatable bonds is 2. The second-order valence-corrected chi connectivity index (χ2v) is 3.84. The van der Waals surface area contributed by atoms with E-state index in [1.807, 2.05) is 4.90 Å². The largest absolute Gasteiger partial charge is 0.340 e. The van der Waals surface area contributed by atoms with Gasteiger partial charge in [-0.05, 0) is 18.9 Å². The van der Waals surface area contributed by atoms with E-state index < -0.39 is 0 Å². The van der Waals surface area contributed by atoms with Crippen LogP contribution in [0.2, 0.25) is 0 Å². The van der Waals surface area contributed by atoms with Gasteiger partial charge in [-0.15, -0.1) is 0 Å². The number of nitrogens with zero attached hydrogens (tertiary/aromatic N) is 3. The van der Waals surface area contributed by atoms with Crippen LogP contribution in [-0.2, 0) is 4.79 Å². The minimum atomic E-state index is -0.111. The monoisotopic (exact) mass is 221 g/mol. The Bertz CT molecular complexity index is 355. The molecule has 1 aliphatic heterocycles. The summed E-state index contributed by atoms with van der Waals surface area (Å²) in [6.45, 7) is 1.52. The van der Waals surface area contributed by atoms with E-state index in [1.54, 1.807) is 18.5 Å². The van der Waals surface area contributed by atoms with Crippen LogP contribution in [0, 0.1) is 5.92 Å². The van der Waals surface area contributed by atoms with Crippen LogP contribution in [-0.4, -0.2) is 29.0 Å². The Labute approximate surface area is 93.8 Å². The first kappa shape index (κ1) is 10.8. The van der Waals surface area contributed by atoms with Gasteiger partial charge in [0.15, 0.2) is 0 Å². The summed E-state index contributed by atoms with van der Waals surface area (Å²) in [5, 5.41) is 0. The van der Waals surface area contributed by atoms with Gasteiger partial charge in [0.25, 0.3) is 0 Å². The molecule has 2 rings (SSSR count). The molecule has 16 heavy (non-hydrogen) atoms. The van der Waals surface area contributed by atoms with Gasteiger partial charge in [0.1, 0.15) is 0 Å². The van der Waals surface area contributed by atoms with E-state index in [-0.39, 0.29) is 11.8 Å². The zero-order valence-corrected chi connectivity index (χ0v) is 8.97. The van der Waals surface area contributed by atoms with Crippen molar-refractivity contribution in [2.45, 2.75) is 12.8 Å². The fourth-order valence-corrected chi connectivity index (χ4v) is 1.95. The van der Waals surface area contributed by atoms with Crippen molar-refractivity contribution in [3.63, 3.8) is 0 Å². The van der Waals surface area contributed by atoms with E-state index in [1.165, 1.54) is 0 Å². The van der Waals surface area contributed by atoms with Crippen molar-refractivity contribution in [1.29, 1.82) is 0 Å². The molecule has 1 amide bonds. The number of nitrogens with two attached hydrogens (primary N) is 1. The molecule has 0 radical (unpaired) electrons. The molecule has 1 unspecified atom stereocenters. The molecular formula is C10H15N5O. The third-order valence-corrected chi connectivity index (χ3v) is 2.77. The summed E-state index contributed by atoms with van der Waals surface area (Å²) >= 11 is 0. The molecule has 6 nitrogen and oxygen atoms in total. The van der Waals surface area contributed by atoms with Gasteiger partial charge in [0, 0.05) is 25.5 Å². The number of carbonyl (C=O) groups is 1. The zero-order valence-electron chi connectivity index (χ0n) is 8.97. The van der Waals surface area contributed by atoms with Gasteiger partial charge in [-0.1, -0.05) is 0 Å². The number of nitrogens with one attached hydrogen (secondary N) is 1. The third kappa shape index (κ3) is 2.27. The van der Waals surface area contributed by atoms with E-state index in [2.05, 4.69) is 15.4 Å². The Kier molecular flexibility index (Phi) is 3.31. The van der Waals surface area contributed by atoms with E-state index in [0.29, 0.717) is 12.5 Å². The minimum Gasteiger partial charge on any atom is -0.340 e. The predicted octanol–water partition coefficient (Wildman–Crippen LogP) is -0.317. The van der Waals surface area contributed by atoms with E-state index in [0.717, 1.165) is 19.4 Å². The molecule has 1 fully saturated rings. The normalized spacial score (nSPS) is 20.6. The maximum atomic E-state index is 11.4. The highest BCUT2D eigenvalue weighted by Crippen LogP contribution is 2.19. The van der Waals surface area contributed by atoms with E-state index in [4.69, 9.17) is 5.84 Å². The number of hydrogen-bond acceptors (Lipinski definition) is 5. The highest BCUT2D eigenvalue weighted by molar-refractivity contribution is 5.78. The Morgan fingerprint density at radius 2 is 2.25 bits per heavy atom. The third-order valence-electron chi connectivity index (χ3n) is 2.77. The predicted molar refractivity (Wildman–Crippen MR) is 59.3 cm³/mol. The summed E-state index contributed by atoms with van der Waals surface area (Å²) in [6, 6.07) is 1.78. The van der Waals surface area contributed by atoms with Crippen LogP contribution in [0.5, 0.6) is 0 Å². The summed E-state index contributed by atoms with van der Waals surface area (Å²) in [5.74, 6) is 5.64. The molecule has 0 spiro atoms. The van der Waals surface area contributed by atoms with Crippen molar-refractivity contribution in [2.24, 2.45) is 11.8 Å². The van der Waals surface area contributed by atoms with E-state index in [9.17, 15) is 4.79 Å². The Balaban J connectivity index is 2.05. The number of aromatic nitrogens is 2. The van der Waals surface area contributed by atoms with Gasteiger partial charge >= 0.3 is 0 Å². The summed E-state index contributed by atoms with van der Waals surface area (Å²) in [6.07, 6.45) is 5.23. The molecule has 0 aliphatic carbocycles. The lowest BCUT2D eigenvalue weighted by Gasteiger charge is -2.31. The van der Waals surface area contributed by atoms with Crippen LogP contribution in [0.4, 0.5) is 5.95 Å². The Morgan fingerprint density at radius 3 is 2.94 bits per heavy atom. The molecule has 3 N–H and O–H groups in total. The second kappa shape index (κ2) is 4.89. The fourth-order valence-electron chi connectivity index (χ4n) is 1.95. The average Bonchev–Trinajstić information content (AvgIpc) is 2.39. The average molecular weight is 221 g/mol. The van der Waals surface area contributed by atoms with Crippen molar-refractivity contribution >= 4 is 11.9 Å². The first-order valence-electron chi connectivity index (χ1n) is 5.33. The van der Waals surface area contributed by atoms with Crippen LogP contribution in [0.3, 0.4) is 0 Å². The maximum Gasteiger partial charge on any atom is 0.238 e. The second-order valence-electron chi connectivity index (χ2n) is 3.84. The zero-order chi connectivity index (χ0) is 11.4. The molecule has 0 saturated carbocycles. The van der Waals surface area contributed by atoms with Gasteiger partial charge in [0.2, 0.25) is 11.9 Å². The summed E-state index contributed by atoms with van der Waals surface area (Å²) in [4.78, 5) is 21.8. The first-order valence-corrected chi connectivity index (χ1v) is 5.33. The standard InChI is InChI=1S/C10H15N5O/c11-14-9(16)8-3-1-6-15(7-8)10-12-4-2-5-13-10/h2,4-5,8H,1,3,6-7,11H2,(H,14,16). The smallest absolute Gasteiger partial charge is 0.238 e. The van der Waals surface area contributed by atoms with Crippen LogP contribution in [0.25, 0.3) is 0 Å². The van der Waals surface area contributed by atoms with Gasteiger partial charge in [-0.3, -0.25) is 10.2 Å². The maximum absolute atomic E-state index is 11.4. The highest BCUT2D eigenvalue weighted by atomic mass is 16.2. The molecule has 0 aromatic carbocycles. The van der Waals surface area contributed by atoms with Gasteiger partial charge in [0.05, 0.1) is 5.92 Å². The number of piperidine rings is 1. The Morgan fingerprint density at radius 1 is 1.50 bits per heavy atom. The van der Waals surface area contributed by atoms with Crippen molar-refractivity contribution in [3.8, 4) is 0 Å². The van der Waals surface area contributed by atoms with Crippen molar-refractivity contribution < 1.29 is 4.79 Å². The molecule has 2 heterocycles. The van der Waals surface area contributed by atoms with Crippen molar-refractivity contribution in [1.82, 2.24) is 15.4 Å². The van der Waals surface area contributed by atoms with Crippen LogP contribution < -0.4 is 16.2 Å². The van der Waals surface area contributed by atoms with Gasteiger partial charge in [-0.25, -0.2) is 15.8 Å². The number of hydrazine groups is 1. The minimum absolute atomic E-state index is 0.0671. The topological polar surface area (TPSA) is 84.1 Å². The summed E-state index contributed by atoms with van der Waals surface area (Å²) in [7, 11) is 0. The highest BCUT2D eigenvalue weighted by Gasteiger charge is 2.26. The molecule has 1 atom stereocenters. The molecule has 0 bridgehead atoms. The summed E-state index contributed by atoms with van der Waals surface area (Å²) in [5.41, 5.74) is 2.20. The Hall–Kier alpha value is -1.69. The molecule has 1 aliphatic rings. The quantitative estimate of drug-likeness (QED) is 0.406. The van der Waals surface area contributed by atoms with Crippen molar-refractivity contribution in [2.75, 3.05) is 18.0 Å². The van der Waals surface area contributed by atoms with Gasteiger partial charge in [-0.2, -0.15) is 0 Å². The molecule has 86 valence electrons. The molecule has 6 heteroatoms. The lowest BCUT2D eigenvalue weighted by atomic mass is 9.98. The lowest BCUT2D eigenvalue weighted by Crippen LogP contribution is -2.45. The number of carbonyl (C=O) groups excluding carboxylic acids is 1. The lowest BCUT2D eigenvalue weighted by molar-refractivity contribution is -0.125. The van der Waals surface area contributed by atoms with Crippen LogP contribution >= 0.6 is 0 Å². The molecular weight excluding hydrogens is 206 g/mol. The van der Waals surface area contributed by atoms with Gasteiger partial charge < -0.3 is 4.90 Å². The number of anilines is 1. The SMILES string of the molecule is NNC(=O)C1CCCN(c2ncccn2)C1. The van der Waals surface area contributed by atoms with Crippen LogP contribution in [0.1, 0.15) is 12.8 Å². The fraction of sp³-hybridized carbons (Fsp3) is 0.500. The molecule has 1 saturated heterocycles. The number of hydrogen-bond donors (Lipinski definition) is 2.